The van der Waals surface area contributed by atoms with Gasteiger partial charge in [-0.15, -0.1) is 0 Å². The van der Waals surface area contributed by atoms with Crippen LogP contribution in [0.25, 0.3) is 0 Å². The summed E-state index contributed by atoms with van der Waals surface area (Å²) in [5.74, 6) is -0.219. The van der Waals surface area contributed by atoms with Crippen molar-refractivity contribution in [1.29, 1.82) is 0 Å². The molecule has 1 atom stereocenters. The second kappa shape index (κ2) is 6.43. The molecule has 0 aliphatic carbocycles. The normalized spacial score (nSPS) is 12.6. The first-order chi connectivity index (χ1) is 9.90. The molecule has 0 saturated heterocycles. The Morgan fingerprint density at radius 3 is 2.76 bits per heavy atom. The number of hydrogen-bond acceptors (Lipinski definition) is 5. The standard InChI is InChI=1S/C13H13Cl2N3O3/c1-7-16-10(21-17-7)6-18(2)12(13(19)20)8-4-3-5-9(14)11(8)15/h3-5,12H,6H2,1-2H3,(H,19,20). The Morgan fingerprint density at radius 1 is 1.48 bits per heavy atom. The summed E-state index contributed by atoms with van der Waals surface area (Å²) < 4.78 is 5.00. The number of aromatic nitrogens is 2. The Bertz CT molecular complexity index is 660. The zero-order valence-corrected chi connectivity index (χ0v) is 12.9. The van der Waals surface area contributed by atoms with E-state index in [0.29, 0.717) is 22.3 Å². The van der Waals surface area contributed by atoms with Crippen LogP contribution < -0.4 is 0 Å². The minimum Gasteiger partial charge on any atom is -0.480 e. The van der Waals surface area contributed by atoms with Crippen LogP contribution in [0.2, 0.25) is 10.0 Å². The molecule has 0 aliphatic heterocycles. The number of carboxylic acids is 1. The molecule has 0 bridgehead atoms. The van der Waals surface area contributed by atoms with E-state index in [1.807, 2.05) is 0 Å². The SMILES string of the molecule is Cc1noc(CN(C)C(C(=O)O)c2cccc(Cl)c2Cl)n1. The van der Waals surface area contributed by atoms with Crippen molar-refractivity contribution in [1.82, 2.24) is 15.0 Å². The summed E-state index contributed by atoms with van der Waals surface area (Å²) in [5.41, 5.74) is 0.412. The van der Waals surface area contributed by atoms with Crippen molar-refractivity contribution in [3.8, 4) is 0 Å². The Hall–Kier alpha value is -1.63. The van der Waals surface area contributed by atoms with E-state index in [2.05, 4.69) is 10.1 Å². The molecule has 1 aromatic heterocycles. The molecule has 1 unspecified atom stereocenters. The van der Waals surface area contributed by atoms with E-state index in [-0.39, 0.29) is 11.6 Å². The molecule has 1 N–H and O–H groups in total. The van der Waals surface area contributed by atoms with E-state index < -0.39 is 12.0 Å². The van der Waals surface area contributed by atoms with Crippen molar-refractivity contribution in [2.24, 2.45) is 0 Å². The minimum absolute atomic E-state index is 0.181. The van der Waals surface area contributed by atoms with Crippen LogP contribution >= 0.6 is 23.2 Å². The highest BCUT2D eigenvalue weighted by molar-refractivity contribution is 6.42. The molecule has 0 spiro atoms. The predicted octanol–water partition coefficient (Wildman–Crippen LogP) is 2.94. The summed E-state index contributed by atoms with van der Waals surface area (Å²) in [7, 11) is 1.63. The summed E-state index contributed by atoms with van der Waals surface area (Å²) in [6, 6.07) is 3.92. The molecule has 2 rings (SSSR count). The van der Waals surface area contributed by atoms with Gasteiger partial charge in [0.15, 0.2) is 5.82 Å². The molecule has 0 aliphatic rings. The number of aliphatic carboxylic acids is 1. The van der Waals surface area contributed by atoms with Crippen molar-refractivity contribution in [2.75, 3.05) is 7.05 Å². The smallest absolute Gasteiger partial charge is 0.325 e. The Labute approximate surface area is 131 Å². The van der Waals surface area contributed by atoms with Crippen LogP contribution in [0.4, 0.5) is 0 Å². The van der Waals surface area contributed by atoms with Gasteiger partial charge < -0.3 is 9.63 Å². The fourth-order valence-corrected chi connectivity index (χ4v) is 2.41. The molecule has 6 nitrogen and oxygen atoms in total. The fourth-order valence-electron chi connectivity index (χ4n) is 2.00. The van der Waals surface area contributed by atoms with Gasteiger partial charge in [0.2, 0.25) is 5.89 Å². The third-order valence-electron chi connectivity index (χ3n) is 2.91. The van der Waals surface area contributed by atoms with E-state index in [9.17, 15) is 9.90 Å². The summed E-state index contributed by atoms with van der Waals surface area (Å²) >= 11 is 12.1. The van der Waals surface area contributed by atoms with Gasteiger partial charge in [-0.2, -0.15) is 4.98 Å². The van der Waals surface area contributed by atoms with Crippen LogP contribution in [0.15, 0.2) is 22.7 Å². The lowest BCUT2D eigenvalue weighted by Crippen LogP contribution is -2.30. The van der Waals surface area contributed by atoms with Gasteiger partial charge in [-0.05, 0) is 20.0 Å². The van der Waals surface area contributed by atoms with Crippen LogP contribution in [0, 0.1) is 6.92 Å². The van der Waals surface area contributed by atoms with Crippen molar-refractivity contribution in [3.05, 3.63) is 45.5 Å². The second-order valence-corrected chi connectivity index (χ2v) is 5.32. The molecule has 8 heteroatoms. The van der Waals surface area contributed by atoms with E-state index in [0.717, 1.165) is 0 Å². The molecule has 0 amide bonds. The van der Waals surface area contributed by atoms with Crippen molar-refractivity contribution in [3.63, 3.8) is 0 Å². The summed E-state index contributed by atoms with van der Waals surface area (Å²) in [6.07, 6.45) is 0. The third-order valence-corrected chi connectivity index (χ3v) is 3.74. The summed E-state index contributed by atoms with van der Waals surface area (Å²) in [6.45, 7) is 1.87. The van der Waals surface area contributed by atoms with E-state index in [4.69, 9.17) is 27.7 Å². The van der Waals surface area contributed by atoms with Crippen LogP contribution in [-0.4, -0.2) is 33.2 Å². The lowest BCUT2D eigenvalue weighted by atomic mass is 10.1. The van der Waals surface area contributed by atoms with Crippen LogP contribution in [-0.2, 0) is 11.3 Å². The van der Waals surface area contributed by atoms with Crippen LogP contribution in [0.3, 0.4) is 0 Å². The first-order valence-corrected chi connectivity index (χ1v) is 6.82. The number of rotatable bonds is 5. The van der Waals surface area contributed by atoms with Gasteiger partial charge in [-0.3, -0.25) is 9.69 Å². The molecule has 2 aromatic rings. The Morgan fingerprint density at radius 2 is 2.19 bits per heavy atom. The number of benzene rings is 1. The number of hydrogen-bond donors (Lipinski definition) is 1. The van der Waals surface area contributed by atoms with Gasteiger partial charge in [0.25, 0.3) is 0 Å². The van der Waals surface area contributed by atoms with Crippen molar-refractivity contribution in [2.45, 2.75) is 19.5 Å². The molecular formula is C13H13Cl2N3O3. The highest BCUT2D eigenvalue weighted by Gasteiger charge is 2.28. The monoisotopic (exact) mass is 329 g/mol. The van der Waals surface area contributed by atoms with Crippen LogP contribution in [0.5, 0.6) is 0 Å². The molecular weight excluding hydrogens is 317 g/mol. The van der Waals surface area contributed by atoms with Gasteiger partial charge in [0.1, 0.15) is 6.04 Å². The number of carboxylic acid groups (broad SMARTS) is 1. The molecule has 21 heavy (non-hydrogen) atoms. The molecule has 0 saturated carbocycles. The number of carbonyl (C=O) groups is 1. The van der Waals surface area contributed by atoms with E-state index in [1.54, 1.807) is 37.1 Å². The lowest BCUT2D eigenvalue weighted by molar-refractivity contribution is -0.143. The number of nitrogens with zero attached hydrogens (tertiary/aromatic N) is 3. The van der Waals surface area contributed by atoms with E-state index >= 15 is 0 Å². The average molecular weight is 330 g/mol. The molecule has 0 radical (unpaired) electrons. The maximum Gasteiger partial charge on any atom is 0.325 e. The van der Waals surface area contributed by atoms with Crippen LogP contribution in [0.1, 0.15) is 23.3 Å². The molecule has 1 aromatic carbocycles. The lowest BCUT2D eigenvalue weighted by Gasteiger charge is -2.24. The predicted molar refractivity (Wildman–Crippen MR) is 77.3 cm³/mol. The van der Waals surface area contributed by atoms with Crippen molar-refractivity contribution >= 4 is 29.2 Å². The van der Waals surface area contributed by atoms with Gasteiger partial charge in [-0.25, -0.2) is 0 Å². The largest absolute Gasteiger partial charge is 0.480 e. The summed E-state index contributed by atoms with van der Waals surface area (Å²) in [4.78, 5) is 17.2. The zero-order valence-electron chi connectivity index (χ0n) is 11.4. The minimum atomic E-state index is -1.04. The van der Waals surface area contributed by atoms with Gasteiger partial charge >= 0.3 is 5.97 Å². The second-order valence-electron chi connectivity index (χ2n) is 4.53. The first kappa shape index (κ1) is 15.8. The van der Waals surface area contributed by atoms with Gasteiger partial charge in [0.05, 0.1) is 16.6 Å². The number of halogens is 2. The van der Waals surface area contributed by atoms with Crippen molar-refractivity contribution < 1.29 is 14.4 Å². The number of likely N-dealkylation sites (N-methyl/N-ethyl adjacent to an activating group) is 1. The topological polar surface area (TPSA) is 79.5 Å². The average Bonchev–Trinajstić information content (AvgIpc) is 2.80. The first-order valence-electron chi connectivity index (χ1n) is 6.06. The molecule has 0 fully saturated rings. The van der Waals surface area contributed by atoms with Gasteiger partial charge in [0, 0.05) is 5.56 Å². The third kappa shape index (κ3) is 3.53. The molecule has 112 valence electrons. The zero-order chi connectivity index (χ0) is 15.6. The maximum atomic E-state index is 11.6. The Kier molecular flexibility index (Phi) is 4.82. The highest BCUT2D eigenvalue weighted by Crippen LogP contribution is 2.33. The van der Waals surface area contributed by atoms with E-state index in [1.165, 1.54) is 0 Å². The fraction of sp³-hybridized carbons (Fsp3) is 0.308. The highest BCUT2D eigenvalue weighted by atomic mass is 35.5. The maximum absolute atomic E-state index is 11.6. The number of aryl methyl sites for hydroxylation is 1. The quantitative estimate of drug-likeness (QED) is 0.908. The molecule has 1 heterocycles. The summed E-state index contributed by atoms with van der Waals surface area (Å²) in [5, 5.41) is 13.7. The Balaban J connectivity index is 2.30. The van der Waals surface area contributed by atoms with Gasteiger partial charge in [-0.1, -0.05) is 40.5 Å².